The first-order valence-electron chi connectivity index (χ1n) is 10.4. The van der Waals surface area contributed by atoms with Crippen LogP contribution in [0.1, 0.15) is 54.7 Å². The molecule has 2 aliphatic rings. The van der Waals surface area contributed by atoms with Gasteiger partial charge in [-0.15, -0.1) is 0 Å². The summed E-state index contributed by atoms with van der Waals surface area (Å²) in [4.78, 5) is 31.4. The molecule has 1 aliphatic carbocycles. The van der Waals surface area contributed by atoms with Crippen molar-refractivity contribution in [2.75, 3.05) is 18.4 Å². The number of nitrogens with one attached hydrogen (secondary N) is 2. The molecule has 1 aromatic carbocycles. The van der Waals surface area contributed by atoms with E-state index in [2.05, 4.69) is 15.0 Å². The SMILES string of the molecule is CCNS(=O)(=O)c1cc(-c2sc(NC(C)=O)nc2C)cc2c1C(=O)N(CCC1CC1)C2. The third-order valence-corrected chi connectivity index (χ3v) is 8.21. The lowest BCUT2D eigenvalue weighted by atomic mass is 10.0. The van der Waals surface area contributed by atoms with E-state index >= 15 is 0 Å². The van der Waals surface area contributed by atoms with Crippen molar-refractivity contribution in [2.45, 2.75) is 51.5 Å². The lowest BCUT2D eigenvalue weighted by Crippen LogP contribution is -2.28. The standard InChI is InChI=1S/C21H26N4O4S2/c1-4-22-31(28,29)17-10-15(19-12(2)23-21(30-19)24-13(3)26)9-16-11-25(20(27)18(16)17)8-7-14-5-6-14/h9-10,14,22H,4-8,11H2,1-3H3,(H,23,24,26). The number of thiazole rings is 1. The molecule has 166 valence electrons. The van der Waals surface area contributed by atoms with E-state index < -0.39 is 10.0 Å². The van der Waals surface area contributed by atoms with Crippen LogP contribution in [0.25, 0.3) is 10.4 Å². The number of amides is 2. The molecule has 8 nitrogen and oxygen atoms in total. The molecule has 0 radical (unpaired) electrons. The first-order chi connectivity index (χ1) is 14.7. The number of sulfonamides is 1. The second-order valence-electron chi connectivity index (χ2n) is 8.08. The summed E-state index contributed by atoms with van der Waals surface area (Å²) < 4.78 is 28.5. The van der Waals surface area contributed by atoms with Gasteiger partial charge in [-0.25, -0.2) is 18.1 Å². The second-order valence-corrected chi connectivity index (χ2v) is 10.8. The van der Waals surface area contributed by atoms with Crippen molar-refractivity contribution in [1.82, 2.24) is 14.6 Å². The van der Waals surface area contributed by atoms with Crippen molar-refractivity contribution in [3.63, 3.8) is 0 Å². The largest absolute Gasteiger partial charge is 0.334 e. The summed E-state index contributed by atoms with van der Waals surface area (Å²) >= 11 is 1.29. The van der Waals surface area contributed by atoms with E-state index in [0.29, 0.717) is 41.0 Å². The highest BCUT2D eigenvalue weighted by Gasteiger charge is 2.36. The molecule has 1 aromatic heterocycles. The van der Waals surface area contributed by atoms with Gasteiger partial charge in [-0.3, -0.25) is 9.59 Å². The number of carbonyl (C=O) groups excluding carboxylic acids is 2. The Morgan fingerprint density at radius 2 is 2.06 bits per heavy atom. The van der Waals surface area contributed by atoms with E-state index in [4.69, 9.17) is 0 Å². The summed E-state index contributed by atoms with van der Waals surface area (Å²) in [5.41, 5.74) is 2.35. The maximum absolute atomic E-state index is 13.1. The van der Waals surface area contributed by atoms with Gasteiger partial charge in [0.25, 0.3) is 5.91 Å². The van der Waals surface area contributed by atoms with E-state index in [-0.39, 0.29) is 28.8 Å². The summed E-state index contributed by atoms with van der Waals surface area (Å²) in [6, 6.07) is 3.44. The third-order valence-electron chi connectivity index (χ3n) is 5.52. The van der Waals surface area contributed by atoms with Crippen molar-refractivity contribution in [3.05, 3.63) is 29.0 Å². The summed E-state index contributed by atoms with van der Waals surface area (Å²) in [5.74, 6) is 0.240. The lowest BCUT2D eigenvalue weighted by Gasteiger charge is -2.15. The zero-order valence-corrected chi connectivity index (χ0v) is 19.5. The van der Waals surface area contributed by atoms with E-state index in [1.165, 1.54) is 31.1 Å². The Morgan fingerprint density at radius 1 is 1.32 bits per heavy atom. The molecular formula is C21H26N4O4S2. The summed E-state index contributed by atoms with van der Waals surface area (Å²) in [7, 11) is -3.85. The summed E-state index contributed by atoms with van der Waals surface area (Å²) in [6.45, 7) is 6.20. The monoisotopic (exact) mass is 462 g/mol. The van der Waals surface area contributed by atoms with Crippen LogP contribution in [0.2, 0.25) is 0 Å². The Hall–Kier alpha value is -2.30. The number of aromatic nitrogens is 1. The number of anilines is 1. The molecule has 1 saturated carbocycles. The molecule has 2 N–H and O–H groups in total. The zero-order chi connectivity index (χ0) is 22.3. The number of benzene rings is 1. The Bertz CT molecular complexity index is 1150. The van der Waals surface area contributed by atoms with Crippen LogP contribution in [0.5, 0.6) is 0 Å². The summed E-state index contributed by atoms with van der Waals surface area (Å²) in [5, 5.41) is 3.13. The second kappa shape index (κ2) is 8.33. The fraction of sp³-hybridized carbons (Fsp3) is 0.476. The van der Waals surface area contributed by atoms with Gasteiger partial charge in [-0.05, 0) is 42.5 Å². The number of hydrogen-bond donors (Lipinski definition) is 2. The van der Waals surface area contributed by atoms with Crippen LogP contribution >= 0.6 is 11.3 Å². The third kappa shape index (κ3) is 4.51. The van der Waals surface area contributed by atoms with Gasteiger partial charge in [-0.2, -0.15) is 0 Å². The molecule has 10 heteroatoms. The molecule has 2 heterocycles. The normalized spacial score (nSPS) is 16.0. The van der Waals surface area contributed by atoms with Crippen LogP contribution in [0.3, 0.4) is 0 Å². The van der Waals surface area contributed by atoms with Crippen molar-refractivity contribution in [3.8, 4) is 10.4 Å². The Balaban J connectivity index is 1.78. The highest BCUT2D eigenvalue weighted by atomic mass is 32.2. The maximum Gasteiger partial charge on any atom is 0.255 e. The highest BCUT2D eigenvalue weighted by Crippen LogP contribution is 2.39. The molecule has 1 fully saturated rings. The zero-order valence-electron chi connectivity index (χ0n) is 17.8. The van der Waals surface area contributed by atoms with Gasteiger partial charge in [0.1, 0.15) is 0 Å². The van der Waals surface area contributed by atoms with Crippen LogP contribution in [0, 0.1) is 12.8 Å². The Kier molecular flexibility index (Phi) is 5.89. The molecular weight excluding hydrogens is 436 g/mol. The number of hydrogen-bond acceptors (Lipinski definition) is 6. The van der Waals surface area contributed by atoms with Gasteiger partial charge in [0.2, 0.25) is 15.9 Å². The van der Waals surface area contributed by atoms with Gasteiger partial charge in [0, 0.05) is 26.6 Å². The van der Waals surface area contributed by atoms with Gasteiger partial charge in [-0.1, -0.05) is 31.1 Å². The predicted molar refractivity (Wildman–Crippen MR) is 120 cm³/mol. The molecule has 1 aliphatic heterocycles. The minimum absolute atomic E-state index is 0.00893. The minimum Gasteiger partial charge on any atom is -0.334 e. The lowest BCUT2D eigenvalue weighted by molar-refractivity contribution is -0.114. The van der Waals surface area contributed by atoms with E-state index in [9.17, 15) is 18.0 Å². The molecule has 0 saturated heterocycles. The highest BCUT2D eigenvalue weighted by molar-refractivity contribution is 7.89. The number of rotatable bonds is 8. The van der Waals surface area contributed by atoms with Crippen molar-refractivity contribution < 1.29 is 18.0 Å². The molecule has 0 unspecified atom stereocenters. The average molecular weight is 463 g/mol. The van der Waals surface area contributed by atoms with Gasteiger partial charge in [0.15, 0.2) is 5.13 Å². The quantitative estimate of drug-likeness (QED) is 0.627. The van der Waals surface area contributed by atoms with E-state index in [1.807, 2.05) is 13.0 Å². The fourth-order valence-electron chi connectivity index (χ4n) is 3.88. The van der Waals surface area contributed by atoms with Crippen LogP contribution in [0.15, 0.2) is 17.0 Å². The molecule has 0 atom stereocenters. The maximum atomic E-state index is 13.1. The topological polar surface area (TPSA) is 108 Å². The predicted octanol–water partition coefficient (Wildman–Crippen LogP) is 3.13. The molecule has 2 aromatic rings. The smallest absolute Gasteiger partial charge is 0.255 e. The molecule has 2 amide bonds. The molecule has 4 rings (SSSR count). The van der Waals surface area contributed by atoms with Crippen LogP contribution in [-0.2, 0) is 21.4 Å². The average Bonchev–Trinajstić information content (AvgIpc) is 3.37. The fourth-order valence-corrected chi connectivity index (χ4v) is 6.19. The van der Waals surface area contributed by atoms with Gasteiger partial charge < -0.3 is 10.2 Å². The Labute approximate surface area is 186 Å². The number of fused-ring (bicyclic) bond motifs is 1. The van der Waals surface area contributed by atoms with Gasteiger partial charge >= 0.3 is 0 Å². The molecule has 0 spiro atoms. The first-order valence-corrected chi connectivity index (χ1v) is 12.7. The van der Waals surface area contributed by atoms with Gasteiger partial charge in [0.05, 0.1) is 21.0 Å². The van der Waals surface area contributed by atoms with Crippen LogP contribution < -0.4 is 10.0 Å². The minimum atomic E-state index is -3.85. The number of aryl methyl sites for hydroxylation is 1. The van der Waals surface area contributed by atoms with E-state index in [0.717, 1.165) is 11.3 Å². The van der Waals surface area contributed by atoms with Crippen LogP contribution in [-0.4, -0.2) is 43.2 Å². The van der Waals surface area contributed by atoms with Crippen molar-refractivity contribution in [1.29, 1.82) is 0 Å². The summed E-state index contributed by atoms with van der Waals surface area (Å²) in [6.07, 6.45) is 3.37. The first kappa shape index (κ1) is 21.9. The number of carbonyl (C=O) groups is 2. The van der Waals surface area contributed by atoms with Crippen molar-refractivity contribution >= 4 is 38.3 Å². The molecule has 0 bridgehead atoms. The number of nitrogens with zero attached hydrogens (tertiary/aromatic N) is 2. The van der Waals surface area contributed by atoms with Crippen LogP contribution in [0.4, 0.5) is 5.13 Å². The Morgan fingerprint density at radius 3 is 2.71 bits per heavy atom. The van der Waals surface area contributed by atoms with E-state index in [1.54, 1.807) is 17.9 Å². The molecule has 31 heavy (non-hydrogen) atoms. The van der Waals surface area contributed by atoms with Crippen molar-refractivity contribution in [2.24, 2.45) is 5.92 Å².